The molecule has 1 aliphatic carbocycles. The van der Waals surface area contributed by atoms with Gasteiger partial charge in [-0.15, -0.1) is 0 Å². The molecule has 3 fully saturated rings. The van der Waals surface area contributed by atoms with Crippen molar-refractivity contribution in [2.75, 3.05) is 19.6 Å². The van der Waals surface area contributed by atoms with Crippen molar-refractivity contribution < 1.29 is 4.79 Å². The molecule has 1 N–H and O–H groups in total. The summed E-state index contributed by atoms with van der Waals surface area (Å²) in [5.74, 6) is 2.13. The SMILES string of the molecule is O=C1N[C@@H]2CCCC[C@H]2C1CCCN1CCC(Cc2ccccc2)CC1. The summed E-state index contributed by atoms with van der Waals surface area (Å²) >= 11 is 0. The summed E-state index contributed by atoms with van der Waals surface area (Å²) in [5.41, 5.74) is 1.49. The molecule has 26 heavy (non-hydrogen) atoms. The number of carbonyl (C=O) groups is 1. The van der Waals surface area contributed by atoms with E-state index in [-0.39, 0.29) is 0 Å². The molecule has 3 aliphatic rings. The Morgan fingerprint density at radius 3 is 2.58 bits per heavy atom. The van der Waals surface area contributed by atoms with Crippen molar-refractivity contribution in [1.82, 2.24) is 10.2 Å². The molecule has 0 radical (unpaired) electrons. The summed E-state index contributed by atoms with van der Waals surface area (Å²) < 4.78 is 0. The van der Waals surface area contributed by atoms with Crippen LogP contribution in [-0.2, 0) is 11.2 Å². The van der Waals surface area contributed by atoms with Crippen molar-refractivity contribution in [2.45, 2.75) is 63.8 Å². The van der Waals surface area contributed by atoms with E-state index >= 15 is 0 Å². The first-order valence-corrected chi connectivity index (χ1v) is 10.9. The van der Waals surface area contributed by atoms with Gasteiger partial charge in [-0.2, -0.15) is 0 Å². The number of hydrogen-bond donors (Lipinski definition) is 1. The van der Waals surface area contributed by atoms with Crippen LogP contribution in [0.4, 0.5) is 0 Å². The Morgan fingerprint density at radius 1 is 1.00 bits per heavy atom. The summed E-state index contributed by atoms with van der Waals surface area (Å²) in [4.78, 5) is 14.9. The summed E-state index contributed by atoms with van der Waals surface area (Å²) in [6.07, 6.45) is 11.3. The Bertz CT molecular complexity index is 579. The number of piperidine rings is 1. The number of amides is 1. The highest BCUT2D eigenvalue weighted by Gasteiger charge is 2.42. The van der Waals surface area contributed by atoms with Gasteiger partial charge in [0.2, 0.25) is 5.91 Å². The maximum absolute atomic E-state index is 12.3. The van der Waals surface area contributed by atoms with E-state index in [0.717, 1.165) is 12.3 Å². The first-order chi connectivity index (χ1) is 12.8. The van der Waals surface area contributed by atoms with Gasteiger partial charge in [0.05, 0.1) is 0 Å². The minimum Gasteiger partial charge on any atom is -0.353 e. The van der Waals surface area contributed by atoms with E-state index in [1.165, 1.54) is 76.6 Å². The third kappa shape index (κ3) is 4.31. The van der Waals surface area contributed by atoms with Crippen LogP contribution in [-0.4, -0.2) is 36.5 Å². The van der Waals surface area contributed by atoms with Crippen molar-refractivity contribution in [2.24, 2.45) is 17.8 Å². The van der Waals surface area contributed by atoms with Crippen LogP contribution in [0, 0.1) is 17.8 Å². The Labute approximate surface area is 158 Å². The van der Waals surface area contributed by atoms with E-state index in [0.29, 0.717) is 23.8 Å². The molecule has 3 nitrogen and oxygen atoms in total. The summed E-state index contributed by atoms with van der Waals surface area (Å²) in [5, 5.41) is 3.27. The van der Waals surface area contributed by atoms with Gasteiger partial charge in [0.25, 0.3) is 0 Å². The first kappa shape index (κ1) is 18.0. The Balaban J connectivity index is 1.17. The number of hydrogen-bond acceptors (Lipinski definition) is 2. The van der Waals surface area contributed by atoms with E-state index in [1.807, 2.05) is 0 Å². The van der Waals surface area contributed by atoms with E-state index in [1.54, 1.807) is 0 Å². The predicted octanol–water partition coefficient (Wildman–Crippen LogP) is 4.03. The second-order valence-corrected chi connectivity index (χ2v) is 8.79. The third-order valence-electron chi connectivity index (χ3n) is 7.06. The molecule has 1 amide bonds. The zero-order valence-corrected chi connectivity index (χ0v) is 16.0. The highest BCUT2D eigenvalue weighted by Crippen LogP contribution is 2.37. The largest absolute Gasteiger partial charge is 0.353 e. The lowest BCUT2D eigenvalue weighted by Crippen LogP contribution is -2.35. The van der Waals surface area contributed by atoms with Crippen LogP contribution in [0.15, 0.2) is 30.3 Å². The smallest absolute Gasteiger partial charge is 0.223 e. The molecule has 3 atom stereocenters. The fraction of sp³-hybridized carbons (Fsp3) is 0.696. The second kappa shape index (κ2) is 8.56. The quantitative estimate of drug-likeness (QED) is 0.837. The van der Waals surface area contributed by atoms with Gasteiger partial charge in [0.1, 0.15) is 0 Å². The predicted molar refractivity (Wildman–Crippen MR) is 106 cm³/mol. The highest BCUT2D eigenvalue weighted by atomic mass is 16.2. The second-order valence-electron chi connectivity index (χ2n) is 8.79. The Hall–Kier alpha value is -1.35. The zero-order valence-electron chi connectivity index (χ0n) is 16.0. The maximum atomic E-state index is 12.3. The fourth-order valence-electron chi connectivity index (χ4n) is 5.55. The molecule has 0 bridgehead atoms. The maximum Gasteiger partial charge on any atom is 0.223 e. The molecule has 3 heteroatoms. The number of benzene rings is 1. The van der Waals surface area contributed by atoms with Crippen molar-refractivity contribution >= 4 is 5.91 Å². The molecule has 1 aromatic rings. The monoisotopic (exact) mass is 354 g/mol. The first-order valence-electron chi connectivity index (χ1n) is 10.9. The molecule has 2 heterocycles. The van der Waals surface area contributed by atoms with E-state index in [4.69, 9.17) is 0 Å². The minimum atomic E-state index is 0.302. The molecular formula is C23H34N2O. The molecule has 2 saturated heterocycles. The van der Waals surface area contributed by atoms with Crippen LogP contribution >= 0.6 is 0 Å². The van der Waals surface area contributed by atoms with Gasteiger partial charge < -0.3 is 10.2 Å². The summed E-state index contributed by atoms with van der Waals surface area (Å²) in [7, 11) is 0. The van der Waals surface area contributed by atoms with Crippen LogP contribution in [0.25, 0.3) is 0 Å². The Morgan fingerprint density at radius 2 is 1.77 bits per heavy atom. The molecule has 0 aromatic heterocycles. The van der Waals surface area contributed by atoms with E-state index in [2.05, 4.69) is 40.5 Å². The molecule has 0 spiro atoms. The average molecular weight is 355 g/mol. The van der Waals surface area contributed by atoms with E-state index < -0.39 is 0 Å². The molecule has 1 unspecified atom stereocenters. The molecular weight excluding hydrogens is 320 g/mol. The van der Waals surface area contributed by atoms with Crippen molar-refractivity contribution in [1.29, 1.82) is 0 Å². The van der Waals surface area contributed by atoms with Crippen LogP contribution in [0.1, 0.15) is 56.9 Å². The lowest BCUT2D eigenvalue weighted by molar-refractivity contribution is -0.123. The lowest BCUT2D eigenvalue weighted by atomic mass is 9.78. The fourth-order valence-corrected chi connectivity index (χ4v) is 5.55. The standard InChI is InChI=1S/C23H34N2O/c26-23-21(20-9-4-5-11-22(20)24-23)10-6-14-25-15-12-19(13-16-25)17-18-7-2-1-3-8-18/h1-3,7-8,19-22H,4-6,9-17H2,(H,24,26)/t20-,21?,22+/m0/s1. The van der Waals surface area contributed by atoms with Crippen LogP contribution in [0.2, 0.25) is 0 Å². The van der Waals surface area contributed by atoms with E-state index in [9.17, 15) is 4.79 Å². The minimum absolute atomic E-state index is 0.302. The molecule has 1 saturated carbocycles. The summed E-state index contributed by atoms with van der Waals surface area (Å²) in [6.45, 7) is 3.65. The number of nitrogens with one attached hydrogen (secondary N) is 1. The lowest BCUT2D eigenvalue weighted by Gasteiger charge is -2.32. The average Bonchev–Trinajstić information content (AvgIpc) is 2.99. The summed E-state index contributed by atoms with van der Waals surface area (Å²) in [6, 6.07) is 11.4. The molecule has 142 valence electrons. The third-order valence-corrected chi connectivity index (χ3v) is 7.06. The molecule has 4 rings (SSSR count). The molecule has 1 aromatic carbocycles. The van der Waals surface area contributed by atoms with Gasteiger partial charge in [0.15, 0.2) is 0 Å². The van der Waals surface area contributed by atoms with Gasteiger partial charge in [-0.1, -0.05) is 43.2 Å². The van der Waals surface area contributed by atoms with Gasteiger partial charge in [-0.05, 0) is 82.0 Å². The number of likely N-dealkylation sites (tertiary alicyclic amines) is 1. The number of fused-ring (bicyclic) bond motifs is 1. The number of carbonyl (C=O) groups excluding carboxylic acids is 1. The van der Waals surface area contributed by atoms with Crippen molar-refractivity contribution in [3.63, 3.8) is 0 Å². The molecule has 2 aliphatic heterocycles. The van der Waals surface area contributed by atoms with Crippen LogP contribution in [0.3, 0.4) is 0 Å². The van der Waals surface area contributed by atoms with Crippen molar-refractivity contribution in [3.8, 4) is 0 Å². The van der Waals surface area contributed by atoms with Crippen molar-refractivity contribution in [3.05, 3.63) is 35.9 Å². The zero-order chi connectivity index (χ0) is 17.8. The van der Waals surface area contributed by atoms with Crippen LogP contribution < -0.4 is 5.32 Å². The Kier molecular flexibility index (Phi) is 5.94. The van der Waals surface area contributed by atoms with Gasteiger partial charge in [-0.3, -0.25) is 4.79 Å². The number of nitrogens with zero attached hydrogens (tertiary/aromatic N) is 1. The highest BCUT2D eigenvalue weighted by molar-refractivity contribution is 5.81. The van der Waals surface area contributed by atoms with Crippen LogP contribution in [0.5, 0.6) is 0 Å². The number of rotatable bonds is 6. The van der Waals surface area contributed by atoms with Gasteiger partial charge in [0, 0.05) is 12.0 Å². The van der Waals surface area contributed by atoms with Gasteiger partial charge >= 0.3 is 0 Å². The van der Waals surface area contributed by atoms with Gasteiger partial charge in [-0.25, -0.2) is 0 Å². The topological polar surface area (TPSA) is 32.3 Å². The normalized spacial score (nSPS) is 30.2.